The number of amides is 1. The van der Waals surface area contributed by atoms with E-state index in [-0.39, 0.29) is 11.8 Å². The van der Waals surface area contributed by atoms with E-state index in [9.17, 15) is 4.79 Å². The van der Waals surface area contributed by atoms with Crippen molar-refractivity contribution in [3.05, 3.63) is 17.5 Å². The number of aryl methyl sites for hydroxylation is 1. The van der Waals surface area contributed by atoms with Crippen LogP contribution < -0.4 is 10.2 Å². The zero-order valence-corrected chi connectivity index (χ0v) is 13.5. The topological polar surface area (TPSA) is 58.1 Å². The average Bonchev–Trinajstić information content (AvgIpc) is 3.08. The summed E-state index contributed by atoms with van der Waals surface area (Å²) in [5.74, 6) is 1.16. The highest BCUT2D eigenvalue weighted by Gasteiger charge is 2.26. The molecule has 1 N–H and O–H groups in total. The summed E-state index contributed by atoms with van der Waals surface area (Å²) in [6, 6.07) is 0. The first-order valence-corrected chi connectivity index (χ1v) is 8.65. The van der Waals surface area contributed by atoms with Gasteiger partial charge >= 0.3 is 0 Å². The zero-order valence-electron chi connectivity index (χ0n) is 13.5. The molecular formula is C17H26N4O. The molecule has 1 aliphatic carbocycles. The van der Waals surface area contributed by atoms with Crippen molar-refractivity contribution in [3.8, 4) is 0 Å². The van der Waals surface area contributed by atoms with Crippen molar-refractivity contribution in [2.75, 3.05) is 24.5 Å². The number of anilines is 1. The maximum absolute atomic E-state index is 12.2. The van der Waals surface area contributed by atoms with Crippen LogP contribution in [0.2, 0.25) is 0 Å². The van der Waals surface area contributed by atoms with E-state index in [0.29, 0.717) is 0 Å². The lowest BCUT2D eigenvalue weighted by molar-refractivity contribution is -0.125. The van der Waals surface area contributed by atoms with E-state index in [1.54, 1.807) is 0 Å². The minimum atomic E-state index is 0.0885. The second-order valence-electron chi connectivity index (χ2n) is 6.42. The highest BCUT2D eigenvalue weighted by molar-refractivity contribution is 5.79. The third-order valence-electron chi connectivity index (χ3n) is 4.73. The molecule has 1 aliphatic heterocycles. The summed E-state index contributed by atoms with van der Waals surface area (Å²) in [6.45, 7) is 5.07. The number of rotatable bonds is 5. The molecule has 0 spiro atoms. The van der Waals surface area contributed by atoms with Gasteiger partial charge in [0.25, 0.3) is 0 Å². The van der Waals surface area contributed by atoms with Crippen LogP contribution >= 0.6 is 0 Å². The Kier molecular flexibility index (Phi) is 4.90. The molecule has 0 bridgehead atoms. The molecular weight excluding hydrogens is 276 g/mol. The Morgan fingerprint density at radius 2 is 2.23 bits per heavy atom. The van der Waals surface area contributed by atoms with Gasteiger partial charge in [-0.05, 0) is 44.1 Å². The fourth-order valence-electron chi connectivity index (χ4n) is 3.32. The standard InChI is InChI=1S/C17H26N4O/c1-2-3-8-18-16(22)13-6-7-15-14(11-13)12-19-17(20-15)21-9-4-5-10-21/h12-13H,2-11H2,1H3,(H,18,22)/t13-/m1/s1. The number of hydrogen-bond acceptors (Lipinski definition) is 4. The Bertz CT molecular complexity index is 525. The lowest BCUT2D eigenvalue weighted by atomic mass is 9.86. The molecule has 22 heavy (non-hydrogen) atoms. The number of unbranched alkanes of at least 4 members (excludes halogenated alkanes) is 1. The normalized spacial score (nSPS) is 20.8. The van der Waals surface area contributed by atoms with Gasteiger partial charge in [-0.1, -0.05) is 13.3 Å². The summed E-state index contributed by atoms with van der Waals surface area (Å²) in [5, 5.41) is 3.05. The molecule has 2 aliphatic rings. The molecule has 1 aromatic rings. The van der Waals surface area contributed by atoms with Gasteiger partial charge in [0.1, 0.15) is 0 Å². The van der Waals surface area contributed by atoms with Gasteiger partial charge in [0.2, 0.25) is 11.9 Å². The molecule has 0 saturated carbocycles. The van der Waals surface area contributed by atoms with Crippen LogP contribution in [-0.2, 0) is 17.6 Å². The van der Waals surface area contributed by atoms with Crippen LogP contribution in [0.3, 0.4) is 0 Å². The minimum Gasteiger partial charge on any atom is -0.356 e. The van der Waals surface area contributed by atoms with E-state index in [0.717, 1.165) is 68.9 Å². The largest absolute Gasteiger partial charge is 0.356 e. The van der Waals surface area contributed by atoms with E-state index < -0.39 is 0 Å². The van der Waals surface area contributed by atoms with Gasteiger partial charge in [0.15, 0.2) is 0 Å². The van der Waals surface area contributed by atoms with Crippen molar-refractivity contribution < 1.29 is 4.79 Å². The first-order chi connectivity index (χ1) is 10.8. The minimum absolute atomic E-state index is 0.0885. The number of nitrogens with zero attached hydrogens (tertiary/aromatic N) is 3. The molecule has 0 radical (unpaired) electrons. The number of carbonyl (C=O) groups excluding carboxylic acids is 1. The Morgan fingerprint density at radius 1 is 1.41 bits per heavy atom. The van der Waals surface area contributed by atoms with Crippen molar-refractivity contribution in [1.29, 1.82) is 0 Å². The highest BCUT2D eigenvalue weighted by Crippen LogP contribution is 2.26. The van der Waals surface area contributed by atoms with Gasteiger partial charge in [-0.25, -0.2) is 9.97 Å². The van der Waals surface area contributed by atoms with Crippen molar-refractivity contribution in [1.82, 2.24) is 15.3 Å². The molecule has 1 fully saturated rings. The van der Waals surface area contributed by atoms with Gasteiger partial charge in [-0.15, -0.1) is 0 Å². The van der Waals surface area contributed by atoms with E-state index in [2.05, 4.69) is 22.1 Å². The first-order valence-electron chi connectivity index (χ1n) is 8.65. The Morgan fingerprint density at radius 3 is 3.00 bits per heavy atom. The lowest BCUT2D eigenvalue weighted by Crippen LogP contribution is -2.35. The summed E-state index contributed by atoms with van der Waals surface area (Å²) in [6.07, 6.45) is 9.17. The summed E-state index contributed by atoms with van der Waals surface area (Å²) in [4.78, 5) is 23.7. The summed E-state index contributed by atoms with van der Waals surface area (Å²) < 4.78 is 0. The first kappa shape index (κ1) is 15.3. The number of nitrogens with one attached hydrogen (secondary N) is 1. The van der Waals surface area contributed by atoms with Gasteiger partial charge in [0, 0.05) is 37.4 Å². The SMILES string of the molecule is CCCCNC(=O)[C@@H]1CCc2nc(N3CCCC3)ncc2C1. The molecule has 0 aromatic carbocycles. The van der Waals surface area contributed by atoms with Gasteiger partial charge < -0.3 is 10.2 Å². The highest BCUT2D eigenvalue weighted by atomic mass is 16.1. The van der Waals surface area contributed by atoms with Gasteiger partial charge in [-0.2, -0.15) is 0 Å². The summed E-state index contributed by atoms with van der Waals surface area (Å²) >= 11 is 0. The monoisotopic (exact) mass is 302 g/mol. The van der Waals surface area contributed by atoms with Crippen LogP contribution in [-0.4, -0.2) is 35.5 Å². The van der Waals surface area contributed by atoms with Crippen LogP contribution in [0, 0.1) is 5.92 Å². The molecule has 120 valence electrons. The number of aromatic nitrogens is 2. The Balaban J connectivity index is 1.62. The molecule has 1 aromatic heterocycles. The van der Waals surface area contributed by atoms with E-state index in [1.165, 1.54) is 12.8 Å². The second-order valence-corrected chi connectivity index (χ2v) is 6.42. The smallest absolute Gasteiger partial charge is 0.225 e. The number of hydrogen-bond donors (Lipinski definition) is 1. The van der Waals surface area contributed by atoms with E-state index in [1.807, 2.05) is 6.20 Å². The van der Waals surface area contributed by atoms with Crippen molar-refractivity contribution in [3.63, 3.8) is 0 Å². The molecule has 5 heteroatoms. The fourth-order valence-corrected chi connectivity index (χ4v) is 3.32. The maximum atomic E-state index is 12.2. The van der Waals surface area contributed by atoms with Crippen LogP contribution in [0.4, 0.5) is 5.95 Å². The van der Waals surface area contributed by atoms with Gasteiger partial charge in [-0.3, -0.25) is 4.79 Å². The predicted octanol–water partition coefficient (Wildman–Crippen LogP) is 2.10. The average molecular weight is 302 g/mol. The number of carbonyl (C=O) groups is 1. The van der Waals surface area contributed by atoms with Gasteiger partial charge in [0.05, 0.1) is 0 Å². The Hall–Kier alpha value is -1.65. The molecule has 3 rings (SSSR count). The van der Waals surface area contributed by atoms with Crippen molar-refractivity contribution in [2.45, 2.75) is 51.9 Å². The summed E-state index contributed by atoms with van der Waals surface area (Å²) in [7, 11) is 0. The predicted molar refractivity (Wildman–Crippen MR) is 86.9 cm³/mol. The molecule has 0 unspecified atom stereocenters. The molecule has 5 nitrogen and oxygen atoms in total. The van der Waals surface area contributed by atoms with E-state index >= 15 is 0 Å². The van der Waals surface area contributed by atoms with E-state index in [4.69, 9.17) is 4.98 Å². The van der Waals surface area contributed by atoms with Crippen LogP contribution in [0.1, 0.15) is 50.3 Å². The van der Waals surface area contributed by atoms with Crippen molar-refractivity contribution >= 4 is 11.9 Å². The molecule has 1 atom stereocenters. The molecule has 1 saturated heterocycles. The summed E-state index contributed by atoms with van der Waals surface area (Å²) in [5.41, 5.74) is 2.30. The third kappa shape index (κ3) is 3.39. The number of fused-ring (bicyclic) bond motifs is 1. The quantitative estimate of drug-likeness (QED) is 0.846. The lowest BCUT2D eigenvalue weighted by Gasteiger charge is -2.24. The fraction of sp³-hybridized carbons (Fsp3) is 0.706. The van der Waals surface area contributed by atoms with Crippen LogP contribution in [0.15, 0.2) is 6.20 Å². The second kappa shape index (κ2) is 7.07. The zero-order chi connectivity index (χ0) is 15.4. The third-order valence-corrected chi connectivity index (χ3v) is 4.73. The van der Waals surface area contributed by atoms with Crippen LogP contribution in [0.5, 0.6) is 0 Å². The van der Waals surface area contributed by atoms with Crippen LogP contribution in [0.25, 0.3) is 0 Å². The Labute approximate surface area is 132 Å². The maximum Gasteiger partial charge on any atom is 0.225 e. The van der Waals surface area contributed by atoms with Crippen molar-refractivity contribution in [2.24, 2.45) is 5.92 Å². The molecule has 1 amide bonds. The molecule has 2 heterocycles.